The third kappa shape index (κ3) is 4.75. The van der Waals surface area contributed by atoms with Crippen LogP contribution in [-0.4, -0.2) is 55.2 Å². The molecule has 2 atom stereocenters. The maximum Gasteiger partial charge on any atom is 0.0991 e. The van der Waals surface area contributed by atoms with E-state index in [9.17, 15) is 10.4 Å². The first kappa shape index (κ1) is 19.6. The molecule has 142 valence electrons. The van der Waals surface area contributed by atoms with E-state index in [-0.39, 0.29) is 5.92 Å². The van der Waals surface area contributed by atoms with Crippen molar-refractivity contribution in [3.63, 3.8) is 0 Å². The Hall–Kier alpha value is -2.19. The van der Waals surface area contributed by atoms with Gasteiger partial charge >= 0.3 is 0 Å². The smallest absolute Gasteiger partial charge is 0.0991 e. The SMILES string of the molecule is CN(C)CC1CN(CCc2ccccc2)CCC1(O)c1cccc(C#N)c1. The first-order chi connectivity index (χ1) is 13.0. The molecule has 0 aliphatic carbocycles. The van der Waals surface area contributed by atoms with Crippen molar-refractivity contribution in [1.82, 2.24) is 9.80 Å². The Bertz CT molecular complexity index is 784. The molecule has 1 aliphatic rings. The normalized spacial score (nSPS) is 23.3. The minimum Gasteiger partial charge on any atom is -0.385 e. The van der Waals surface area contributed by atoms with Crippen LogP contribution in [0.2, 0.25) is 0 Å². The molecule has 0 spiro atoms. The van der Waals surface area contributed by atoms with Crippen molar-refractivity contribution in [3.8, 4) is 6.07 Å². The van der Waals surface area contributed by atoms with Gasteiger partial charge in [0.1, 0.15) is 0 Å². The molecule has 27 heavy (non-hydrogen) atoms. The molecule has 0 saturated carbocycles. The average molecular weight is 364 g/mol. The predicted molar refractivity (Wildman–Crippen MR) is 108 cm³/mol. The fourth-order valence-electron chi connectivity index (χ4n) is 4.11. The lowest BCUT2D eigenvalue weighted by Crippen LogP contribution is -2.53. The highest BCUT2D eigenvalue weighted by molar-refractivity contribution is 5.36. The van der Waals surface area contributed by atoms with Gasteiger partial charge in [0.25, 0.3) is 0 Å². The van der Waals surface area contributed by atoms with E-state index in [4.69, 9.17) is 0 Å². The highest BCUT2D eigenvalue weighted by Gasteiger charge is 2.42. The molecule has 1 aliphatic heterocycles. The largest absolute Gasteiger partial charge is 0.385 e. The van der Waals surface area contributed by atoms with Gasteiger partial charge in [-0.15, -0.1) is 0 Å². The number of nitrogens with zero attached hydrogens (tertiary/aromatic N) is 3. The zero-order valence-corrected chi connectivity index (χ0v) is 16.3. The number of nitriles is 1. The van der Waals surface area contributed by atoms with Crippen molar-refractivity contribution in [2.24, 2.45) is 5.92 Å². The summed E-state index contributed by atoms with van der Waals surface area (Å²) < 4.78 is 0. The van der Waals surface area contributed by atoms with E-state index < -0.39 is 5.60 Å². The van der Waals surface area contributed by atoms with Crippen molar-refractivity contribution in [3.05, 3.63) is 71.3 Å². The molecular weight excluding hydrogens is 334 g/mol. The molecule has 1 heterocycles. The predicted octanol–water partition coefficient (Wildman–Crippen LogP) is 2.87. The summed E-state index contributed by atoms with van der Waals surface area (Å²) in [4.78, 5) is 4.61. The van der Waals surface area contributed by atoms with Crippen molar-refractivity contribution in [2.45, 2.75) is 18.4 Å². The van der Waals surface area contributed by atoms with Gasteiger partial charge in [0, 0.05) is 32.1 Å². The molecule has 0 aromatic heterocycles. The lowest BCUT2D eigenvalue weighted by Gasteiger charge is -2.46. The lowest BCUT2D eigenvalue weighted by atomic mass is 9.75. The summed E-state index contributed by atoms with van der Waals surface area (Å²) in [7, 11) is 4.10. The maximum absolute atomic E-state index is 11.6. The summed E-state index contributed by atoms with van der Waals surface area (Å²) in [6, 6.07) is 20.2. The van der Waals surface area contributed by atoms with E-state index in [0.717, 1.165) is 38.2 Å². The lowest BCUT2D eigenvalue weighted by molar-refractivity contribution is -0.0843. The Morgan fingerprint density at radius 3 is 2.67 bits per heavy atom. The number of hydrogen-bond donors (Lipinski definition) is 1. The van der Waals surface area contributed by atoms with E-state index >= 15 is 0 Å². The van der Waals surface area contributed by atoms with Gasteiger partial charge in [-0.05, 0) is 50.2 Å². The summed E-state index contributed by atoms with van der Waals surface area (Å²) in [5.41, 5.74) is 1.94. The van der Waals surface area contributed by atoms with Crippen molar-refractivity contribution in [1.29, 1.82) is 5.26 Å². The Labute approximate surface area is 162 Å². The van der Waals surface area contributed by atoms with E-state index in [2.05, 4.69) is 54.2 Å². The van der Waals surface area contributed by atoms with Crippen LogP contribution in [-0.2, 0) is 12.0 Å². The van der Waals surface area contributed by atoms with Crippen LogP contribution < -0.4 is 0 Å². The van der Waals surface area contributed by atoms with Crippen LogP contribution in [0.5, 0.6) is 0 Å². The summed E-state index contributed by atoms with van der Waals surface area (Å²) >= 11 is 0. The molecule has 4 heteroatoms. The quantitative estimate of drug-likeness (QED) is 0.857. The monoisotopic (exact) mass is 363 g/mol. The Morgan fingerprint density at radius 1 is 1.19 bits per heavy atom. The molecule has 0 amide bonds. The third-order valence-corrected chi connectivity index (χ3v) is 5.60. The topological polar surface area (TPSA) is 50.5 Å². The second-order valence-electron chi connectivity index (χ2n) is 7.86. The fraction of sp³-hybridized carbons (Fsp3) is 0.435. The van der Waals surface area contributed by atoms with Gasteiger partial charge in [0.05, 0.1) is 17.2 Å². The average Bonchev–Trinajstić information content (AvgIpc) is 2.69. The van der Waals surface area contributed by atoms with E-state index in [1.54, 1.807) is 6.07 Å². The first-order valence-electron chi connectivity index (χ1n) is 9.65. The first-order valence-corrected chi connectivity index (χ1v) is 9.65. The Morgan fingerprint density at radius 2 is 1.96 bits per heavy atom. The molecule has 3 rings (SSSR count). The molecule has 4 nitrogen and oxygen atoms in total. The Kier molecular flexibility index (Phi) is 6.28. The summed E-state index contributed by atoms with van der Waals surface area (Å²) in [5, 5.41) is 20.8. The van der Waals surface area contributed by atoms with Gasteiger partial charge in [0.15, 0.2) is 0 Å². The molecule has 2 aromatic carbocycles. The van der Waals surface area contributed by atoms with Crippen LogP contribution in [0, 0.1) is 17.2 Å². The van der Waals surface area contributed by atoms with Crippen LogP contribution in [0.4, 0.5) is 0 Å². The van der Waals surface area contributed by atoms with E-state index in [1.165, 1.54) is 5.56 Å². The van der Waals surface area contributed by atoms with Gasteiger partial charge in [-0.25, -0.2) is 0 Å². The van der Waals surface area contributed by atoms with Crippen LogP contribution in [0.3, 0.4) is 0 Å². The number of rotatable bonds is 6. The fourth-order valence-corrected chi connectivity index (χ4v) is 4.11. The van der Waals surface area contributed by atoms with Crippen LogP contribution in [0.25, 0.3) is 0 Å². The van der Waals surface area contributed by atoms with Gasteiger partial charge < -0.3 is 14.9 Å². The standard InChI is InChI=1S/C23H29N3O/c1-25(2)17-22-18-26(13-11-19-7-4-3-5-8-19)14-12-23(22,27)21-10-6-9-20(15-21)16-24/h3-10,15,22,27H,11-14,17-18H2,1-2H3. The summed E-state index contributed by atoms with van der Waals surface area (Å²) in [6.07, 6.45) is 1.72. The zero-order chi connectivity index (χ0) is 19.3. The number of piperidine rings is 1. The second kappa shape index (κ2) is 8.67. The van der Waals surface area contributed by atoms with Crippen molar-refractivity contribution >= 4 is 0 Å². The minimum atomic E-state index is -0.889. The van der Waals surface area contributed by atoms with Gasteiger partial charge in [-0.1, -0.05) is 42.5 Å². The Balaban J connectivity index is 1.75. The number of aliphatic hydroxyl groups is 1. The third-order valence-electron chi connectivity index (χ3n) is 5.60. The minimum absolute atomic E-state index is 0.103. The van der Waals surface area contributed by atoms with Crippen molar-refractivity contribution in [2.75, 3.05) is 40.3 Å². The molecule has 2 aromatic rings. The van der Waals surface area contributed by atoms with Crippen molar-refractivity contribution < 1.29 is 5.11 Å². The van der Waals surface area contributed by atoms with E-state index in [1.807, 2.05) is 24.3 Å². The molecular formula is C23H29N3O. The highest BCUT2D eigenvalue weighted by Crippen LogP contribution is 2.38. The number of likely N-dealkylation sites (tertiary alicyclic amines) is 1. The molecule has 1 saturated heterocycles. The van der Waals surface area contributed by atoms with Crippen LogP contribution >= 0.6 is 0 Å². The van der Waals surface area contributed by atoms with Gasteiger partial charge in [0.2, 0.25) is 0 Å². The van der Waals surface area contributed by atoms with Gasteiger partial charge in [-0.3, -0.25) is 0 Å². The number of hydrogen-bond acceptors (Lipinski definition) is 4. The second-order valence-corrected chi connectivity index (χ2v) is 7.86. The summed E-state index contributed by atoms with van der Waals surface area (Å²) in [6.45, 7) is 3.54. The summed E-state index contributed by atoms with van der Waals surface area (Å²) in [5.74, 6) is 0.103. The molecule has 1 fully saturated rings. The molecule has 2 unspecified atom stereocenters. The maximum atomic E-state index is 11.6. The molecule has 0 bridgehead atoms. The zero-order valence-electron chi connectivity index (χ0n) is 16.3. The van der Waals surface area contributed by atoms with Crippen LogP contribution in [0.1, 0.15) is 23.1 Å². The number of benzene rings is 2. The van der Waals surface area contributed by atoms with E-state index in [0.29, 0.717) is 12.0 Å². The van der Waals surface area contributed by atoms with Crippen LogP contribution in [0.15, 0.2) is 54.6 Å². The van der Waals surface area contributed by atoms with Gasteiger partial charge in [-0.2, -0.15) is 5.26 Å². The molecule has 1 N–H and O–H groups in total. The highest BCUT2D eigenvalue weighted by atomic mass is 16.3. The molecule has 0 radical (unpaired) electrons.